The predicted octanol–water partition coefficient (Wildman–Crippen LogP) is 1.18. The Kier molecular flexibility index (Phi) is 4.95. The van der Waals surface area contributed by atoms with Crippen LogP contribution in [0.1, 0.15) is 36.0 Å². The molecule has 1 atom stereocenters. The van der Waals surface area contributed by atoms with E-state index in [4.69, 9.17) is 9.47 Å². The summed E-state index contributed by atoms with van der Waals surface area (Å²) in [5.41, 5.74) is -0.0934. The third-order valence-electron chi connectivity index (χ3n) is 5.87. The van der Waals surface area contributed by atoms with Crippen molar-refractivity contribution in [2.75, 3.05) is 39.8 Å². The molecule has 146 valence electrons. The van der Waals surface area contributed by atoms with Gasteiger partial charge in [0.15, 0.2) is 0 Å². The number of hydrogen-bond donors (Lipinski definition) is 2. The lowest BCUT2D eigenvalue weighted by Crippen LogP contribution is -2.59. The van der Waals surface area contributed by atoms with Gasteiger partial charge in [-0.2, -0.15) is 0 Å². The van der Waals surface area contributed by atoms with Gasteiger partial charge < -0.3 is 25.0 Å². The molecular weight excluding hydrogens is 346 g/mol. The van der Waals surface area contributed by atoms with E-state index in [0.717, 1.165) is 45.3 Å². The van der Waals surface area contributed by atoms with Crippen LogP contribution in [-0.4, -0.2) is 62.1 Å². The minimum Gasteiger partial charge on any atom is -0.497 e. The van der Waals surface area contributed by atoms with E-state index in [1.165, 1.54) is 0 Å². The Morgan fingerprint density at radius 1 is 1.33 bits per heavy atom. The number of ether oxygens (including phenoxy) is 2. The number of nitrogens with one attached hydrogen (secondary N) is 2. The first kappa shape index (κ1) is 18.1. The number of methoxy groups -OCH3 is 1. The number of piperidine rings is 2. The standard InChI is InChI=1S/C20H27N3O4/c1-26-15-3-4-17-16(11-15)18(24)22-12-20(27-17)7-2-10-23(13-20)19(25)14-5-8-21-9-6-14/h3-4,11,14,21H,2,5-10,12-13H2,1H3,(H,22,24). The van der Waals surface area contributed by atoms with E-state index in [-0.39, 0.29) is 17.7 Å². The molecule has 0 bridgehead atoms. The highest BCUT2D eigenvalue weighted by atomic mass is 16.5. The summed E-state index contributed by atoms with van der Waals surface area (Å²) in [6.07, 6.45) is 3.47. The molecule has 0 aliphatic carbocycles. The Bertz CT molecular complexity index is 732. The van der Waals surface area contributed by atoms with Crippen molar-refractivity contribution in [1.82, 2.24) is 15.5 Å². The zero-order valence-corrected chi connectivity index (χ0v) is 15.8. The van der Waals surface area contributed by atoms with Crippen molar-refractivity contribution in [1.29, 1.82) is 0 Å². The van der Waals surface area contributed by atoms with Gasteiger partial charge in [0.1, 0.15) is 17.1 Å². The molecule has 4 rings (SSSR count). The first-order valence-electron chi connectivity index (χ1n) is 9.75. The molecule has 7 nitrogen and oxygen atoms in total. The van der Waals surface area contributed by atoms with Crippen LogP contribution in [0.4, 0.5) is 0 Å². The van der Waals surface area contributed by atoms with Gasteiger partial charge in [0, 0.05) is 12.5 Å². The normalized spacial score (nSPS) is 26.0. The van der Waals surface area contributed by atoms with E-state index in [1.807, 2.05) is 4.90 Å². The van der Waals surface area contributed by atoms with Crippen LogP contribution in [-0.2, 0) is 4.79 Å². The largest absolute Gasteiger partial charge is 0.497 e. The van der Waals surface area contributed by atoms with Crippen molar-refractivity contribution in [3.63, 3.8) is 0 Å². The van der Waals surface area contributed by atoms with Gasteiger partial charge in [0.2, 0.25) is 5.91 Å². The number of hydrogen-bond acceptors (Lipinski definition) is 5. The van der Waals surface area contributed by atoms with Gasteiger partial charge in [-0.3, -0.25) is 9.59 Å². The number of nitrogens with zero attached hydrogens (tertiary/aromatic N) is 1. The third-order valence-corrected chi connectivity index (χ3v) is 5.87. The van der Waals surface area contributed by atoms with E-state index in [1.54, 1.807) is 25.3 Å². The van der Waals surface area contributed by atoms with E-state index < -0.39 is 5.60 Å². The number of carbonyl (C=O) groups excluding carboxylic acids is 2. The lowest BCUT2D eigenvalue weighted by molar-refractivity contribution is -0.142. The highest BCUT2D eigenvalue weighted by Gasteiger charge is 2.43. The quantitative estimate of drug-likeness (QED) is 0.814. The maximum Gasteiger partial charge on any atom is 0.255 e. The molecule has 7 heteroatoms. The lowest BCUT2D eigenvalue weighted by Gasteiger charge is -2.43. The summed E-state index contributed by atoms with van der Waals surface area (Å²) in [6, 6.07) is 5.28. The molecule has 1 aromatic rings. The van der Waals surface area contributed by atoms with Crippen LogP contribution in [0.15, 0.2) is 18.2 Å². The van der Waals surface area contributed by atoms with Gasteiger partial charge in [-0.25, -0.2) is 0 Å². The lowest BCUT2D eigenvalue weighted by atomic mass is 9.89. The molecule has 3 aliphatic heterocycles. The first-order chi connectivity index (χ1) is 13.1. The Hall–Kier alpha value is -2.28. The zero-order valence-electron chi connectivity index (χ0n) is 15.8. The highest BCUT2D eigenvalue weighted by Crippen LogP contribution is 2.34. The Morgan fingerprint density at radius 3 is 2.93 bits per heavy atom. The Morgan fingerprint density at radius 2 is 2.15 bits per heavy atom. The summed E-state index contributed by atoms with van der Waals surface area (Å²) in [7, 11) is 1.57. The van der Waals surface area contributed by atoms with Crippen LogP contribution in [0.3, 0.4) is 0 Å². The van der Waals surface area contributed by atoms with Crippen molar-refractivity contribution in [2.24, 2.45) is 5.92 Å². The van der Waals surface area contributed by atoms with E-state index in [0.29, 0.717) is 30.2 Å². The van der Waals surface area contributed by atoms with Crippen LogP contribution in [0, 0.1) is 5.92 Å². The molecule has 2 amide bonds. The van der Waals surface area contributed by atoms with Crippen molar-refractivity contribution in [3.05, 3.63) is 23.8 Å². The number of amides is 2. The van der Waals surface area contributed by atoms with E-state index in [9.17, 15) is 9.59 Å². The molecule has 2 fully saturated rings. The van der Waals surface area contributed by atoms with Crippen LogP contribution in [0.25, 0.3) is 0 Å². The van der Waals surface area contributed by atoms with Crippen LogP contribution in [0.5, 0.6) is 11.5 Å². The summed E-state index contributed by atoms with van der Waals surface area (Å²) < 4.78 is 11.6. The monoisotopic (exact) mass is 373 g/mol. The number of carbonyl (C=O) groups is 2. The van der Waals surface area contributed by atoms with Gasteiger partial charge in [-0.15, -0.1) is 0 Å². The van der Waals surface area contributed by atoms with Gasteiger partial charge >= 0.3 is 0 Å². The molecule has 3 heterocycles. The van der Waals surface area contributed by atoms with Crippen LogP contribution < -0.4 is 20.1 Å². The summed E-state index contributed by atoms with van der Waals surface area (Å²) in [5.74, 6) is 1.34. The van der Waals surface area contributed by atoms with Crippen molar-refractivity contribution < 1.29 is 19.1 Å². The van der Waals surface area contributed by atoms with E-state index >= 15 is 0 Å². The average molecular weight is 373 g/mol. The SMILES string of the molecule is COc1ccc2c(c1)C(=O)NCC1(CCCN(C(=O)C3CCNCC3)C1)O2. The maximum absolute atomic E-state index is 13.0. The summed E-state index contributed by atoms with van der Waals surface area (Å²) in [5, 5.41) is 6.29. The molecule has 2 saturated heterocycles. The minimum absolute atomic E-state index is 0.0957. The average Bonchev–Trinajstić information content (AvgIpc) is 2.84. The predicted molar refractivity (Wildman–Crippen MR) is 100 cm³/mol. The molecule has 2 N–H and O–H groups in total. The first-order valence-corrected chi connectivity index (χ1v) is 9.75. The van der Waals surface area contributed by atoms with Crippen LogP contribution in [0.2, 0.25) is 0 Å². The topological polar surface area (TPSA) is 79.9 Å². The van der Waals surface area contributed by atoms with Gasteiger partial charge in [-0.05, 0) is 57.0 Å². The molecular formula is C20H27N3O4. The second-order valence-electron chi connectivity index (χ2n) is 7.72. The number of fused-ring (bicyclic) bond motifs is 1. The molecule has 1 aromatic carbocycles. The van der Waals surface area contributed by atoms with Gasteiger partial charge in [-0.1, -0.05) is 0 Å². The van der Waals surface area contributed by atoms with Crippen LogP contribution >= 0.6 is 0 Å². The second-order valence-corrected chi connectivity index (χ2v) is 7.72. The molecule has 3 aliphatic rings. The summed E-state index contributed by atoms with van der Waals surface area (Å²) >= 11 is 0. The number of benzene rings is 1. The van der Waals surface area contributed by atoms with Gasteiger partial charge in [0.25, 0.3) is 5.91 Å². The van der Waals surface area contributed by atoms with Crippen molar-refractivity contribution in [3.8, 4) is 11.5 Å². The minimum atomic E-state index is -0.573. The molecule has 27 heavy (non-hydrogen) atoms. The fraction of sp³-hybridized carbons (Fsp3) is 0.600. The second kappa shape index (κ2) is 7.38. The number of likely N-dealkylation sites (tertiary alicyclic amines) is 1. The highest BCUT2D eigenvalue weighted by molar-refractivity contribution is 5.97. The molecule has 1 spiro atoms. The van der Waals surface area contributed by atoms with Crippen molar-refractivity contribution in [2.45, 2.75) is 31.3 Å². The molecule has 0 radical (unpaired) electrons. The molecule has 0 aromatic heterocycles. The third kappa shape index (κ3) is 3.60. The Balaban J connectivity index is 1.55. The molecule has 0 saturated carbocycles. The smallest absolute Gasteiger partial charge is 0.255 e. The summed E-state index contributed by atoms with van der Waals surface area (Å²) in [6.45, 7) is 3.48. The fourth-order valence-corrected chi connectivity index (χ4v) is 4.35. The van der Waals surface area contributed by atoms with E-state index in [2.05, 4.69) is 10.6 Å². The number of rotatable bonds is 2. The Labute approximate surface area is 159 Å². The fourth-order valence-electron chi connectivity index (χ4n) is 4.35. The zero-order chi connectivity index (χ0) is 18.9. The van der Waals surface area contributed by atoms with Gasteiger partial charge in [0.05, 0.1) is 25.8 Å². The van der Waals surface area contributed by atoms with Crippen molar-refractivity contribution >= 4 is 11.8 Å². The molecule has 1 unspecified atom stereocenters. The summed E-state index contributed by atoms with van der Waals surface area (Å²) in [4.78, 5) is 27.5. The maximum atomic E-state index is 13.0.